The van der Waals surface area contributed by atoms with E-state index >= 15 is 0 Å². The van der Waals surface area contributed by atoms with E-state index in [2.05, 4.69) is 13.5 Å². The second-order valence-electron chi connectivity index (χ2n) is 10.3. The molecule has 2 aliphatic carbocycles. The van der Waals surface area contributed by atoms with Crippen LogP contribution < -0.4 is 0 Å². The zero-order valence-corrected chi connectivity index (χ0v) is 19.9. The van der Waals surface area contributed by atoms with Gasteiger partial charge in [0, 0.05) is 11.5 Å². The van der Waals surface area contributed by atoms with Crippen molar-refractivity contribution in [1.29, 1.82) is 0 Å². The van der Waals surface area contributed by atoms with E-state index in [4.69, 9.17) is 13.9 Å². The van der Waals surface area contributed by atoms with Crippen LogP contribution in [0.25, 0.3) is 6.08 Å². The van der Waals surface area contributed by atoms with Crippen LogP contribution in [-0.2, 0) is 19.1 Å². The third-order valence-corrected chi connectivity index (χ3v) is 8.40. The predicted molar refractivity (Wildman–Crippen MR) is 125 cm³/mol. The van der Waals surface area contributed by atoms with E-state index in [-0.39, 0.29) is 30.5 Å². The van der Waals surface area contributed by atoms with Crippen molar-refractivity contribution >= 4 is 18.0 Å². The predicted octanol–water partition coefficient (Wildman–Crippen LogP) is 3.82. The summed E-state index contributed by atoms with van der Waals surface area (Å²) < 4.78 is 15.8. The molecule has 1 saturated heterocycles. The van der Waals surface area contributed by atoms with Crippen molar-refractivity contribution in [3.05, 3.63) is 54.0 Å². The van der Waals surface area contributed by atoms with Gasteiger partial charge in [0.25, 0.3) is 0 Å². The fourth-order valence-corrected chi connectivity index (χ4v) is 6.36. The van der Waals surface area contributed by atoms with Gasteiger partial charge in [-0.3, -0.25) is 0 Å². The average Bonchev–Trinajstić information content (AvgIpc) is 3.45. The first-order valence-corrected chi connectivity index (χ1v) is 11.9. The van der Waals surface area contributed by atoms with Crippen LogP contribution in [0.2, 0.25) is 0 Å². The highest BCUT2D eigenvalue weighted by molar-refractivity contribution is 5.93. The molecule has 4 rings (SSSR count). The van der Waals surface area contributed by atoms with Crippen molar-refractivity contribution in [1.82, 2.24) is 0 Å². The summed E-state index contributed by atoms with van der Waals surface area (Å²) in [6.45, 7) is 8.45. The van der Waals surface area contributed by atoms with Gasteiger partial charge in [-0.15, -0.1) is 0 Å². The number of aliphatic hydroxyl groups excluding tert-OH is 2. The largest absolute Gasteiger partial charge is 0.465 e. The molecular formula is C27H34O7. The average molecular weight is 471 g/mol. The molecule has 3 fully saturated rings. The Labute approximate surface area is 200 Å². The molecule has 0 aromatic carbocycles. The lowest BCUT2D eigenvalue weighted by molar-refractivity contribution is -0.151. The number of cyclic esters (lactones) is 1. The van der Waals surface area contributed by atoms with Crippen molar-refractivity contribution in [2.75, 3.05) is 13.2 Å². The van der Waals surface area contributed by atoms with Crippen LogP contribution >= 0.6 is 0 Å². The summed E-state index contributed by atoms with van der Waals surface area (Å²) in [6, 6.07) is 3.43. The number of fused-ring (bicyclic) bond motifs is 1. The fourth-order valence-electron chi connectivity index (χ4n) is 6.36. The van der Waals surface area contributed by atoms with Crippen LogP contribution in [0.4, 0.5) is 0 Å². The minimum atomic E-state index is -0.766. The van der Waals surface area contributed by atoms with Crippen molar-refractivity contribution in [2.45, 2.75) is 58.2 Å². The third-order valence-electron chi connectivity index (χ3n) is 8.40. The molecule has 7 nitrogen and oxygen atoms in total. The number of hydrogen-bond acceptors (Lipinski definition) is 7. The first-order chi connectivity index (χ1) is 16.2. The first kappa shape index (κ1) is 24.5. The van der Waals surface area contributed by atoms with Crippen LogP contribution in [0.3, 0.4) is 0 Å². The second kappa shape index (κ2) is 9.55. The number of aliphatic hydroxyl groups is 2. The smallest absolute Gasteiger partial charge is 0.337 e. The summed E-state index contributed by atoms with van der Waals surface area (Å²) in [5, 5.41) is 20.8. The normalized spacial score (nSPS) is 37.1. The van der Waals surface area contributed by atoms with E-state index in [1.54, 1.807) is 12.1 Å². The molecule has 0 bridgehead atoms. The minimum Gasteiger partial charge on any atom is -0.465 e. The van der Waals surface area contributed by atoms with E-state index in [0.717, 1.165) is 24.8 Å². The van der Waals surface area contributed by atoms with E-state index < -0.39 is 29.6 Å². The Morgan fingerprint density at radius 1 is 1.35 bits per heavy atom. The van der Waals surface area contributed by atoms with E-state index in [1.165, 1.54) is 18.4 Å². The van der Waals surface area contributed by atoms with Gasteiger partial charge in [0.05, 0.1) is 24.5 Å². The first-order valence-electron chi connectivity index (χ1n) is 11.9. The minimum absolute atomic E-state index is 0.00865. The molecule has 1 aliphatic heterocycles. The Morgan fingerprint density at radius 2 is 2.15 bits per heavy atom. The van der Waals surface area contributed by atoms with E-state index in [0.29, 0.717) is 24.2 Å². The zero-order valence-electron chi connectivity index (χ0n) is 19.9. The summed E-state index contributed by atoms with van der Waals surface area (Å²) >= 11 is 0. The lowest BCUT2D eigenvalue weighted by Gasteiger charge is -2.59. The van der Waals surface area contributed by atoms with Gasteiger partial charge in [-0.2, -0.15) is 0 Å². The molecule has 2 saturated carbocycles. The van der Waals surface area contributed by atoms with Gasteiger partial charge < -0.3 is 24.1 Å². The van der Waals surface area contributed by atoms with Crippen LogP contribution in [-0.4, -0.2) is 47.6 Å². The van der Waals surface area contributed by atoms with Crippen LogP contribution in [0.15, 0.2) is 52.7 Å². The maximum atomic E-state index is 12.4. The number of hydrogen-bond donors (Lipinski definition) is 2. The van der Waals surface area contributed by atoms with Gasteiger partial charge in [-0.05, 0) is 67.6 Å². The van der Waals surface area contributed by atoms with Crippen LogP contribution in [0.1, 0.15) is 51.7 Å². The number of carbonyl (C=O) groups is 2. The molecule has 2 N–H and O–H groups in total. The standard InChI is InChI=1S/C27H34O7/c1-17-6-10-22-26(2,13-12-23(29)27(22,3)16-28)20(17)9-8-19-21(15-33-25(19)31)34-24(30)11-7-18-5-4-14-32-18/h4-5,7-8,11,14,20-23,28-29H,1,6,9-10,12-13,15-16H2,2-3H3/b11-7+,19-8+/t20-,21-,22?,23-,26+,27+/m1/s1. The number of carbonyl (C=O) groups excluding carboxylic acids is 2. The van der Waals surface area contributed by atoms with Crippen LogP contribution in [0.5, 0.6) is 0 Å². The number of ether oxygens (including phenoxy) is 2. The highest BCUT2D eigenvalue weighted by Gasteiger charge is 2.57. The summed E-state index contributed by atoms with van der Waals surface area (Å²) in [6.07, 6.45) is 8.49. The second-order valence-corrected chi connectivity index (χ2v) is 10.3. The summed E-state index contributed by atoms with van der Waals surface area (Å²) in [4.78, 5) is 24.7. The Morgan fingerprint density at radius 3 is 2.85 bits per heavy atom. The summed E-state index contributed by atoms with van der Waals surface area (Å²) in [5.41, 5.74) is 0.737. The molecule has 1 aromatic rings. The third kappa shape index (κ3) is 4.39. The molecule has 0 spiro atoms. The molecule has 6 atom stereocenters. The van der Waals surface area contributed by atoms with Gasteiger partial charge in [0.15, 0.2) is 6.10 Å². The number of esters is 2. The number of rotatable bonds is 6. The molecular weight excluding hydrogens is 436 g/mol. The van der Waals surface area contributed by atoms with E-state index in [1.807, 2.05) is 13.0 Å². The molecule has 0 amide bonds. The number of allylic oxidation sites excluding steroid dienone is 2. The molecule has 184 valence electrons. The molecule has 34 heavy (non-hydrogen) atoms. The Balaban J connectivity index is 1.50. The lowest BCUT2D eigenvalue weighted by atomic mass is 9.46. The maximum Gasteiger partial charge on any atom is 0.337 e. The van der Waals surface area contributed by atoms with Crippen molar-refractivity contribution in [2.24, 2.45) is 22.7 Å². The Bertz CT molecular complexity index is 991. The van der Waals surface area contributed by atoms with Crippen molar-refractivity contribution in [3.8, 4) is 0 Å². The molecule has 7 heteroatoms. The highest BCUT2D eigenvalue weighted by atomic mass is 16.6. The Hall–Kier alpha value is -2.64. The van der Waals surface area contributed by atoms with E-state index in [9.17, 15) is 19.8 Å². The molecule has 1 unspecified atom stereocenters. The Kier molecular flexibility index (Phi) is 6.87. The fraction of sp³-hybridized carbons (Fsp3) is 0.556. The summed E-state index contributed by atoms with van der Waals surface area (Å²) in [5.74, 6) is -0.313. The summed E-state index contributed by atoms with van der Waals surface area (Å²) in [7, 11) is 0. The van der Waals surface area contributed by atoms with Gasteiger partial charge in [0.2, 0.25) is 0 Å². The van der Waals surface area contributed by atoms with Crippen molar-refractivity contribution < 1.29 is 33.7 Å². The topological polar surface area (TPSA) is 106 Å². The lowest BCUT2D eigenvalue weighted by Crippen LogP contribution is -2.57. The zero-order chi connectivity index (χ0) is 24.5. The van der Waals surface area contributed by atoms with Gasteiger partial charge in [-0.1, -0.05) is 32.1 Å². The number of furan rings is 1. The molecule has 1 aromatic heterocycles. The van der Waals surface area contributed by atoms with Gasteiger partial charge in [0.1, 0.15) is 12.4 Å². The highest BCUT2D eigenvalue weighted by Crippen LogP contribution is 2.61. The van der Waals surface area contributed by atoms with Gasteiger partial charge in [-0.25, -0.2) is 9.59 Å². The molecule has 2 heterocycles. The monoisotopic (exact) mass is 470 g/mol. The maximum absolute atomic E-state index is 12.4. The van der Waals surface area contributed by atoms with Crippen LogP contribution in [0, 0.1) is 22.7 Å². The van der Waals surface area contributed by atoms with Gasteiger partial charge >= 0.3 is 11.9 Å². The van der Waals surface area contributed by atoms with Crippen molar-refractivity contribution in [3.63, 3.8) is 0 Å². The quantitative estimate of drug-likeness (QED) is 0.370. The molecule has 0 radical (unpaired) electrons. The molecule has 3 aliphatic rings. The SMILES string of the molecule is C=C1CCC2[C@](C)(CO)[C@H](O)CC[C@@]2(C)[C@@H]1C/C=C1/C(=O)OC[C@H]1OC(=O)/C=C/c1ccco1.